The summed E-state index contributed by atoms with van der Waals surface area (Å²) in [6.45, 7) is 3.88. The van der Waals surface area contributed by atoms with Crippen molar-refractivity contribution in [2.24, 2.45) is 0 Å². The number of likely N-dealkylation sites (tertiary alicyclic amines) is 1. The largest absolute Gasteiger partial charge is 0.356 e. The lowest BCUT2D eigenvalue weighted by atomic mass is 10.0. The third kappa shape index (κ3) is 3.91. The third-order valence-electron chi connectivity index (χ3n) is 3.81. The van der Waals surface area contributed by atoms with Crippen molar-refractivity contribution in [1.82, 2.24) is 20.1 Å². The van der Waals surface area contributed by atoms with Gasteiger partial charge in [0.25, 0.3) is 5.91 Å². The van der Waals surface area contributed by atoms with Gasteiger partial charge < -0.3 is 20.1 Å². The highest BCUT2D eigenvalue weighted by Gasteiger charge is 2.25. The Hall–Kier alpha value is -1.69. The van der Waals surface area contributed by atoms with Crippen LogP contribution in [-0.2, 0) is 0 Å². The lowest BCUT2D eigenvalue weighted by molar-refractivity contribution is 0.0701. The molecular weight excluding hydrogens is 292 g/mol. The van der Waals surface area contributed by atoms with E-state index in [0.29, 0.717) is 30.4 Å². The monoisotopic (exact) mass is 312 g/mol. The normalized spacial score (nSPS) is 15.9. The van der Waals surface area contributed by atoms with Gasteiger partial charge in [-0.2, -0.15) is 0 Å². The van der Waals surface area contributed by atoms with Gasteiger partial charge in [0.2, 0.25) is 0 Å². The van der Waals surface area contributed by atoms with Gasteiger partial charge >= 0.3 is 6.03 Å². The van der Waals surface area contributed by atoms with Crippen molar-refractivity contribution in [2.45, 2.75) is 25.8 Å². The van der Waals surface area contributed by atoms with E-state index in [9.17, 15) is 9.59 Å². The summed E-state index contributed by atoms with van der Waals surface area (Å²) in [6, 6.07) is 1.70. The molecule has 0 saturated carbocycles. The minimum atomic E-state index is -0.0570. The number of H-pyrrole nitrogens is 1. The van der Waals surface area contributed by atoms with Crippen molar-refractivity contribution < 1.29 is 9.59 Å². The van der Waals surface area contributed by atoms with Crippen molar-refractivity contribution >= 4 is 23.5 Å². The first kappa shape index (κ1) is 15.7. The zero-order chi connectivity index (χ0) is 15.4. The Morgan fingerprint density at radius 1 is 1.48 bits per heavy atom. The van der Waals surface area contributed by atoms with E-state index in [1.54, 1.807) is 29.1 Å². The van der Waals surface area contributed by atoms with Gasteiger partial charge in [0.05, 0.1) is 5.02 Å². The van der Waals surface area contributed by atoms with Crippen LogP contribution in [0.4, 0.5) is 4.79 Å². The predicted octanol–water partition coefficient (Wildman–Crippen LogP) is 1.93. The quantitative estimate of drug-likeness (QED) is 0.895. The molecule has 21 heavy (non-hydrogen) atoms. The maximum atomic E-state index is 12.2. The van der Waals surface area contributed by atoms with Crippen LogP contribution < -0.4 is 5.32 Å². The van der Waals surface area contributed by atoms with Crippen LogP contribution in [0.1, 0.15) is 30.3 Å². The second-order valence-corrected chi connectivity index (χ2v) is 5.70. The number of hydrogen-bond donors (Lipinski definition) is 2. The van der Waals surface area contributed by atoms with Crippen LogP contribution in [0.15, 0.2) is 12.3 Å². The lowest BCUT2D eigenvalue weighted by Crippen LogP contribution is -2.49. The SMILES string of the molecule is CCN(C)C(=O)NC1CCN(C(=O)c2cc(Cl)c[nH]2)CC1. The fraction of sp³-hybridized carbons (Fsp3) is 0.571. The molecule has 0 atom stereocenters. The molecule has 6 nitrogen and oxygen atoms in total. The van der Waals surface area contributed by atoms with E-state index in [2.05, 4.69) is 10.3 Å². The van der Waals surface area contributed by atoms with Crippen molar-refractivity contribution in [1.29, 1.82) is 0 Å². The number of piperidine rings is 1. The molecule has 1 aliphatic rings. The number of nitrogens with zero attached hydrogens (tertiary/aromatic N) is 2. The highest BCUT2D eigenvalue weighted by atomic mass is 35.5. The number of urea groups is 1. The Balaban J connectivity index is 1.83. The fourth-order valence-electron chi connectivity index (χ4n) is 2.32. The molecule has 2 rings (SSSR count). The second-order valence-electron chi connectivity index (χ2n) is 5.26. The van der Waals surface area contributed by atoms with Crippen LogP contribution in [0, 0.1) is 0 Å². The second kappa shape index (κ2) is 6.85. The Kier molecular flexibility index (Phi) is 5.12. The Morgan fingerprint density at radius 2 is 2.14 bits per heavy atom. The summed E-state index contributed by atoms with van der Waals surface area (Å²) in [7, 11) is 1.77. The molecule has 0 aliphatic carbocycles. The van der Waals surface area contributed by atoms with Crippen molar-refractivity contribution in [3.05, 3.63) is 23.0 Å². The Morgan fingerprint density at radius 3 is 2.67 bits per heavy atom. The van der Waals surface area contributed by atoms with E-state index >= 15 is 0 Å². The molecule has 1 saturated heterocycles. The first-order valence-corrected chi connectivity index (χ1v) is 7.54. The molecule has 1 aromatic rings. The van der Waals surface area contributed by atoms with Crippen molar-refractivity contribution in [3.8, 4) is 0 Å². The average Bonchev–Trinajstić information content (AvgIpc) is 2.93. The predicted molar refractivity (Wildman–Crippen MR) is 81.6 cm³/mol. The van der Waals surface area contributed by atoms with Gasteiger partial charge in [-0.15, -0.1) is 0 Å². The molecule has 2 N–H and O–H groups in total. The van der Waals surface area contributed by atoms with Crippen molar-refractivity contribution in [3.63, 3.8) is 0 Å². The Bertz CT molecular complexity index is 509. The summed E-state index contributed by atoms with van der Waals surface area (Å²) in [5.74, 6) is -0.0441. The van der Waals surface area contributed by atoms with Gasteiger partial charge in [0.15, 0.2) is 0 Å². The molecule has 0 radical (unpaired) electrons. The summed E-state index contributed by atoms with van der Waals surface area (Å²) >= 11 is 5.81. The minimum absolute atomic E-state index is 0.0441. The van der Waals surface area contributed by atoms with Gasteiger partial charge in [-0.05, 0) is 25.8 Å². The first-order valence-electron chi connectivity index (χ1n) is 7.16. The molecule has 1 fully saturated rings. The van der Waals surface area contributed by atoms with E-state index in [4.69, 9.17) is 11.6 Å². The molecule has 7 heteroatoms. The number of amides is 3. The number of halogens is 1. The van der Waals surface area contributed by atoms with E-state index in [-0.39, 0.29) is 18.0 Å². The lowest BCUT2D eigenvalue weighted by Gasteiger charge is -2.33. The van der Waals surface area contributed by atoms with Crippen molar-refractivity contribution in [2.75, 3.05) is 26.7 Å². The molecule has 0 bridgehead atoms. The number of rotatable bonds is 3. The smallest absolute Gasteiger partial charge is 0.317 e. The van der Waals surface area contributed by atoms with Crippen LogP contribution in [0.2, 0.25) is 5.02 Å². The highest BCUT2D eigenvalue weighted by Crippen LogP contribution is 2.16. The van der Waals surface area contributed by atoms with E-state index in [1.165, 1.54) is 0 Å². The van der Waals surface area contributed by atoms with Crippen LogP contribution in [0.5, 0.6) is 0 Å². The number of carbonyl (C=O) groups is 2. The highest BCUT2D eigenvalue weighted by molar-refractivity contribution is 6.30. The van der Waals surface area contributed by atoms with Crippen LogP contribution in [0.3, 0.4) is 0 Å². The zero-order valence-corrected chi connectivity index (χ0v) is 13.1. The Labute approximate surface area is 129 Å². The summed E-state index contributed by atoms with van der Waals surface area (Å²) in [5, 5.41) is 3.52. The van der Waals surface area contributed by atoms with E-state index < -0.39 is 0 Å². The number of hydrogen-bond acceptors (Lipinski definition) is 2. The molecule has 1 aliphatic heterocycles. The number of nitrogens with one attached hydrogen (secondary N) is 2. The minimum Gasteiger partial charge on any atom is -0.356 e. The number of aromatic nitrogens is 1. The van der Waals surface area contributed by atoms with Crippen LogP contribution in [0.25, 0.3) is 0 Å². The molecule has 0 spiro atoms. The first-order chi connectivity index (χ1) is 10.0. The van der Waals surface area contributed by atoms with Crippen LogP contribution >= 0.6 is 11.6 Å². The van der Waals surface area contributed by atoms with Crippen LogP contribution in [-0.4, -0.2) is 59.4 Å². The molecule has 0 aromatic carbocycles. The van der Waals surface area contributed by atoms with Gasteiger partial charge in [0.1, 0.15) is 5.69 Å². The number of aromatic amines is 1. The summed E-state index contributed by atoms with van der Waals surface area (Å²) in [6.07, 6.45) is 3.13. The van der Waals surface area contributed by atoms with Gasteiger partial charge in [-0.25, -0.2) is 4.79 Å². The molecule has 0 unspecified atom stereocenters. The average molecular weight is 313 g/mol. The molecule has 116 valence electrons. The molecule has 1 aromatic heterocycles. The van der Waals surface area contributed by atoms with E-state index in [0.717, 1.165) is 12.8 Å². The fourth-order valence-corrected chi connectivity index (χ4v) is 2.48. The summed E-state index contributed by atoms with van der Waals surface area (Å²) in [4.78, 5) is 30.3. The summed E-state index contributed by atoms with van der Waals surface area (Å²) in [5.41, 5.74) is 0.508. The topological polar surface area (TPSA) is 68.4 Å². The van der Waals surface area contributed by atoms with Gasteiger partial charge in [-0.3, -0.25) is 4.79 Å². The zero-order valence-electron chi connectivity index (χ0n) is 12.4. The molecular formula is C14H21ClN4O2. The van der Waals surface area contributed by atoms with Gasteiger partial charge in [-0.1, -0.05) is 11.6 Å². The molecule has 3 amide bonds. The van der Waals surface area contributed by atoms with Gasteiger partial charge in [0, 0.05) is 38.9 Å². The third-order valence-corrected chi connectivity index (χ3v) is 4.03. The summed E-state index contributed by atoms with van der Waals surface area (Å²) < 4.78 is 0. The maximum absolute atomic E-state index is 12.2. The molecule has 2 heterocycles. The van der Waals surface area contributed by atoms with E-state index in [1.807, 2.05) is 6.92 Å². The maximum Gasteiger partial charge on any atom is 0.317 e. The number of carbonyl (C=O) groups excluding carboxylic acids is 2. The standard InChI is InChI=1S/C14H21ClN4O2/c1-3-18(2)14(21)17-11-4-6-19(7-5-11)13(20)12-8-10(15)9-16-12/h8-9,11,16H,3-7H2,1-2H3,(H,17,21).